The predicted octanol–water partition coefficient (Wildman–Crippen LogP) is 3.06. The third-order valence-electron chi connectivity index (χ3n) is 4.85. The molecule has 170 valence electrons. The van der Waals surface area contributed by atoms with E-state index in [2.05, 4.69) is 12.1 Å². The van der Waals surface area contributed by atoms with E-state index in [4.69, 9.17) is 13.9 Å². The number of carbonyl (C=O) groups is 2. The second-order valence-electron chi connectivity index (χ2n) is 7.43. The number of methoxy groups -OCH3 is 1. The van der Waals surface area contributed by atoms with Gasteiger partial charge < -0.3 is 18.8 Å². The van der Waals surface area contributed by atoms with Crippen LogP contribution in [0.15, 0.2) is 46.9 Å². The third-order valence-corrected chi connectivity index (χ3v) is 4.85. The zero-order chi connectivity index (χ0) is 22.5. The number of esters is 1. The van der Waals surface area contributed by atoms with Crippen LogP contribution in [-0.4, -0.2) is 68.2 Å². The average molecular weight is 431 g/mol. The van der Waals surface area contributed by atoms with Gasteiger partial charge in [0.2, 0.25) is 5.91 Å². The van der Waals surface area contributed by atoms with E-state index in [1.54, 1.807) is 18.9 Å². The molecule has 0 aliphatic rings. The first-order chi connectivity index (χ1) is 15.0. The molecule has 0 spiro atoms. The molecule has 0 radical (unpaired) electrons. The summed E-state index contributed by atoms with van der Waals surface area (Å²) in [5.41, 5.74) is 1.17. The number of ether oxygens (including phenoxy) is 2. The van der Waals surface area contributed by atoms with Gasteiger partial charge in [-0.25, -0.2) is 0 Å². The minimum absolute atomic E-state index is 0.0494. The monoisotopic (exact) mass is 430 g/mol. The van der Waals surface area contributed by atoms with E-state index in [-0.39, 0.29) is 25.0 Å². The van der Waals surface area contributed by atoms with E-state index in [9.17, 15) is 9.59 Å². The maximum Gasteiger partial charge on any atom is 0.320 e. The first-order valence-corrected chi connectivity index (χ1v) is 10.8. The van der Waals surface area contributed by atoms with Crippen molar-refractivity contribution >= 4 is 11.9 Å². The van der Waals surface area contributed by atoms with E-state index in [1.165, 1.54) is 5.56 Å². The molecule has 0 aliphatic carbocycles. The molecule has 31 heavy (non-hydrogen) atoms. The predicted molar refractivity (Wildman–Crippen MR) is 119 cm³/mol. The van der Waals surface area contributed by atoms with Crippen LogP contribution in [0.25, 0.3) is 0 Å². The molecule has 0 N–H and O–H groups in total. The largest absolute Gasteiger partial charge is 0.465 e. The highest BCUT2D eigenvalue weighted by atomic mass is 16.5. The lowest BCUT2D eigenvalue weighted by molar-refractivity contribution is -0.145. The number of hydrogen-bond donors (Lipinski definition) is 0. The lowest BCUT2D eigenvalue weighted by atomic mass is 10.1. The number of carbonyl (C=O) groups excluding carboxylic acids is 2. The van der Waals surface area contributed by atoms with Gasteiger partial charge in [-0.1, -0.05) is 30.3 Å². The molecule has 1 heterocycles. The Hall–Kier alpha value is -2.64. The molecule has 1 aromatic carbocycles. The van der Waals surface area contributed by atoms with E-state index in [0.717, 1.165) is 24.4 Å². The van der Waals surface area contributed by atoms with Crippen molar-refractivity contribution in [2.24, 2.45) is 0 Å². The van der Waals surface area contributed by atoms with E-state index in [1.807, 2.05) is 42.2 Å². The van der Waals surface area contributed by atoms with Crippen LogP contribution in [0.3, 0.4) is 0 Å². The molecule has 0 atom stereocenters. The summed E-state index contributed by atoms with van der Waals surface area (Å²) >= 11 is 0. The van der Waals surface area contributed by atoms with Gasteiger partial charge in [-0.05, 0) is 44.4 Å². The Morgan fingerprint density at radius 3 is 2.45 bits per heavy atom. The Balaban J connectivity index is 2.06. The summed E-state index contributed by atoms with van der Waals surface area (Å²) in [5, 5.41) is 0. The minimum Gasteiger partial charge on any atom is -0.465 e. The number of amides is 1. The second kappa shape index (κ2) is 13.6. The molecular formula is C24H34N2O5. The summed E-state index contributed by atoms with van der Waals surface area (Å²) in [5.74, 6) is 1.18. The van der Waals surface area contributed by atoms with Gasteiger partial charge in [0, 0.05) is 26.8 Å². The van der Waals surface area contributed by atoms with Crippen LogP contribution >= 0.6 is 0 Å². The van der Waals surface area contributed by atoms with Crippen molar-refractivity contribution in [1.82, 2.24) is 9.80 Å². The van der Waals surface area contributed by atoms with Crippen LogP contribution in [0.1, 0.15) is 30.4 Å². The number of furan rings is 1. The van der Waals surface area contributed by atoms with Crippen molar-refractivity contribution in [3.63, 3.8) is 0 Å². The highest BCUT2D eigenvalue weighted by Crippen LogP contribution is 2.12. The van der Waals surface area contributed by atoms with Gasteiger partial charge in [-0.2, -0.15) is 0 Å². The highest BCUT2D eigenvalue weighted by molar-refractivity contribution is 5.79. The van der Waals surface area contributed by atoms with Crippen LogP contribution in [0.5, 0.6) is 0 Å². The van der Waals surface area contributed by atoms with Gasteiger partial charge in [-0.3, -0.25) is 14.5 Å². The van der Waals surface area contributed by atoms with Crippen molar-refractivity contribution in [3.8, 4) is 0 Å². The minimum atomic E-state index is -0.329. The third kappa shape index (κ3) is 9.36. The maximum atomic E-state index is 13.2. The first kappa shape index (κ1) is 24.6. The van der Waals surface area contributed by atoms with Gasteiger partial charge >= 0.3 is 5.97 Å². The zero-order valence-electron chi connectivity index (χ0n) is 18.8. The second-order valence-corrected chi connectivity index (χ2v) is 7.43. The molecule has 2 aromatic rings. The number of benzene rings is 1. The number of hydrogen-bond acceptors (Lipinski definition) is 6. The molecule has 0 aliphatic heterocycles. The summed E-state index contributed by atoms with van der Waals surface area (Å²) in [7, 11) is 1.64. The summed E-state index contributed by atoms with van der Waals surface area (Å²) in [6.07, 6.45) is 1.47. The summed E-state index contributed by atoms with van der Waals surface area (Å²) in [4.78, 5) is 28.8. The van der Waals surface area contributed by atoms with Gasteiger partial charge in [0.05, 0.1) is 26.2 Å². The Morgan fingerprint density at radius 1 is 1.03 bits per heavy atom. The number of aryl methyl sites for hydroxylation is 1. The summed E-state index contributed by atoms with van der Waals surface area (Å²) < 4.78 is 15.9. The Kier molecular flexibility index (Phi) is 10.8. The van der Waals surface area contributed by atoms with Crippen LogP contribution in [0, 0.1) is 6.92 Å². The molecular weight excluding hydrogens is 396 g/mol. The highest BCUT2D eigenvalue weighted by Gasteiger charge is 2.21. The van der Waals surface area contributed by atoms with Crippen LogP contribution in [0.2, 0.25) is 0 Å². The molecule has 7 nitrogen and oxygen atoms in total. The summed E-state index contributed by atoms with van der Waals surface area (Å²) in [6.45, 7) is 6.29. The Morgan fingerprint density at radius 2 is 1.81 bits per heavy atom. The average Bonchev–Trinajstić information content (AvgIpc) is 3.16. The van der Waals surface area contributed by atoms with E-state index >= 15 is 0 Å². The summed E-state index contributed by atoms with van der Waals surface area (Å²) in [6, 6.07) is 13.9. The molecule has 0 saturated heterocycles. The quantitative estimate of drug-likeness (QED) is 0.339. The molecule has 0 fully saturated rings. The van der Waals surface area contributed by atoms with Gasteiger partial charge in [-0.15, -0.1) is 0 Å². The standard InChI is InChI=1S/C24H34N2O5/c1-4-30-24(28)19-25(14-8-16-29-3)18-23(27)26(17-22-12-11-20(2)31-22)15-13-21-9-6-5-7-10-21/h5-7,9-12H,4,8,13-19H2,1-3H3. The van der Waals surface area contributed by atoms with Gasteiger partial charge in [0.1, 0.15) is 11.5 Å². The smallest absolute Gasteiger partial charge is 0.320 e. The SMILES string of the molecule is CCOC(=O)CN(CCCOC)CC(=O)N(CCc1ccccc1)Cc1ccc(C)o1. The fourth-order valence-corrected chi connectivity index (χ4v) is 3.29. The maximum absolute atomic E-state index is 13.2. The molecule has 7 heteroatoms. The van der Waals surface area contributed by atoms with Gasteiger partial charge in [0.25, 0.3) is 0 Å². The first-order valence-electron chi connectivity index (χ1n) is 10.8. The molecule has 1 aromatic heterocycles. The van der Waals surface area contributed by atoms with Crippen molar-refractivity contribution in [2.75, 3.05) is 46.5 Å². The van der Waals surface area contributed by atoms with Crippen LogP contribution < -0.4 is 0 Å². The zero-order valence-corrected chi connectivity index (χ0v) is 18.8. The van der Waals surface area contributed by atoms with Crippen molar-refractivity contribution in [1.29, 1.82) is 0 Å². The fourth-order valence-electron chi connectivity index (χ4n) is 3.29. The van der Waals surface area contributed by atoms with E-state index in [0.29, 0.717) is 32.8 Å². The topological polar surface area (TPSA) is 72.2 Å². The lowest BCUT2D eigenvalue weighted by Crippen LogP contribution is -2.43. The molecule has 1 amide bonds. The Bertz CT molecular complexity index is 790. The molecule has 0 saturated carbocycles. The number of nitrogens with zero attached hydrogens (tertiary/aromatic N) is 2. The van der Waals surface area contributed by atoms with E-state index < -0.39 is 0 Å². The van der Waals surface area contributed by atoms with Gasteiger partial charge in [0.15, 0.2) is 0 Å². The van der Waals surface area contributed by atoms with Crippen LogP contribution in [0.4, 0.5) is 0 Å². The molecule has 0 bridgehead atoms. The molecule has 0 unspecified atom stereocenters. The fraction of sp³-hybridized carbons (Fsp3) is 0.500. The Labute approximate surface area is 184 Å². The normalized spacial score (nSPS) is 11.0. The van der Waals surface area contributed by atoms with Crippen LogP contribution in [-0.2, 0) is 32.0 Å². The van der Waals surface area contributed by atoms with Crippen molar-refractivity contribution < 1.29 is 23.5 Å². The molecule has 2 rings (SSSR count). The van der Waals surface area contributed by atoms with Crippen molar-refractivity contribution in [2.45, 2.75) is 33.2 Å². The lowest BCUT2D eigenvalue weighted by Gasteiger charge is -2.26. The van der Waals surface area contributed by atoms with Crippen molar-refractivity contribution in [3.05, 3.63) is 59.5 Å². The number of rotatable bonds is 14.